The van der Waals surface area contributed by atoms with Gasteiger partial charge in [-0.2, -0.15) is 0 Å². The molecule has 1 unspecified atom stereocenters. The third kappa shape index (κ3) is 2.93. The van der Waals surface area contributed by atoms with Crippen LogP contribution in [0.5, 0.6) is 0 Å². The number of benzene rings is 2. The Kier molecular flexibility index (Phi) is 4.79. The number of nitrogens with zero attached hydrogens (tertiary/aromatic N) is 1. The molecule has 0 aromatic heterocycles. The molecule has 2 aliphatic rings. The highest BCUT2D eigenvalue weighted by molar-refractivity contribution is 6.00. The first-order valence-electron chi connectivity index (χ1n) is 9.34. The van der Waals surface area contributed by atoms with E-state index in [0.717, 1.165) is 12.1 Å². The third-order valence-corrected chi connectivity index (χ3v) is 5.77. The Bertz CT molecular complexity index is 768. The van der Waals surface area contributed by atoms with Crippen LogP contribution in [0.15, 0.2) is 54.6 Å². The van der Waals surface area contributed by atoms with Gasteiger partial charge in [-0.1, -0.05) is 48.5 Å². The number of amides is 1. The van der Waals surface area contributed by atoms with Crippen LogP contribution >= 0.6 is 0 Å². The molecule has 1 fully saturated rings. The molecule has 4 heteroatoms. The van der Waals surface area contributed by atoms with Gasteiger partial charge >= 0.3 is 0 Å². The Labute approximate surface area is 154 Å². The summed E-state index contributed by atoms with van der Waals surface area (Å²) in [5.41, 5.74) is 2.78. The molecule has 4 nitrogen and oxygen atoms in total. The van der Waals surface area contributed by atoms with Crippen molar-refractivity contribution in [2.45, 2.75) is 30.8 Å². The van der Waals surface area contributed by atoms with E-state index in [4.69, 9.17) is 9.47 Å². The molecule has 26 heavy (non-hydrogen) atoms. The number of anilines is 1. The number of methoxy groups -OCH3 is 1. The lowest BCUT2D eigenvalue weighted by molar-refractivity contribution is -0.152. The molecule has 2 aromatic carbocycles. The number of hydrogen-bond acceptors (Lipinski definition) is 3. The maximum absolute atomic E-state index is 13.5. The summed E-state index contributed by atoms with van der Waals surface area (Å²) >= 11 is 0. The van der Waals surface area contributed by atoms with Gasteiger partial charge in [0, 0.05) is 51.3 Å². The van der Waals surface area contributed by atoms with Gasteiger partial charge in [-0.3, -0.25) is 4.79 Å². The van der Waals surface area contributed by atoms with Gasteiger partial charge < -0.3 is 14.4 Å². The molecule has 1 saturated heterocycles. The first-order valence-corrected chi connectivity index (χ1v) is 9.34. The van der Waals surface area contributed by atoms with Crippen LogP contribution in [-0.2, 0) is 14.3 Å². The van der Waals surface area contributed by atoms with E-state index >= 15 is 0 Å². The highest BCUT2D eigenvalue weighted by atomic mass is 16.5. The van der Waals surface area contributed by atoms with E-state index in [2.05, 4.69) is 42.5 Å². The largest absolute Gasteiger partial charge is 0.381 e. The molecule has 0 saturated carbocycles. The van der Waals surface area contributed by atoms with E-state index in [1.165, 1.54) is 11.1 Å². The van der Waals surface area contributed by atoms with Crippen LogP contribution in [0.3, 0.4) is 0 Å². The minimum atomic E-state index is -0.759. The lowest BCUT2D eigenvalue weighted by Gasteiger charge is -2.42. The average molecular weight is 351 g/mol. The quantitative estimate of drug-likeness (QED) is 0.845. The first kappa shape index (κ1) is 17.3. The van der Waals surface area contributed by atoms with E-state index in [9.17, 15) is 4.79 Å². The number of carbonyl (C=O) groups excluding carboxylic acids is 1. The number of fused-ring (bicyclic) bond motifs is 1. The number of para-hydroxylation sites is 1. The van der Waals surface area contributed by atoms with Gasteiger partial charge in [0.05, 0.1) is 0 Å². The van der Waals surface area contributed by atoms with E-state index in [1.807, 2.05) is 17.0 Å². The second-order valence-electron chi connectivity index (χ2n) is 7.08. The molecule has 0 spiro atoms. The molecule has 2 aliphatic heterocycles. The minimum Gasteiger partial charge on any atom is -0.381 e. The maximum atomic E-state index is 13.5. The van der Waals surface area contributed by atoms with Crippen molar-refractivity contribution in [3.05, 3.63) is 65.7 Å². The van der Waals surface area contributed by atoms with Crippen molar-refractivity contribution in [3.8, 4) is 0 Å². The summed E-state index contributed by atoms with van der Waals surface area (Å²) in [6, 6.07) is 18.8. The Morgan fingerprint density at radius 2 is 1.77 bits per heavy atom. The molecule has 0 aliphatic carbocycles. The predicted octanol–water partition coefficient (Wildman–Crippen LogP) is 3.75. The SMILES string of the molecule is COC1(C(=O)N2CCC(c3ccccc3)c3ccccc32)CCOCC1. The summed E-state index contributed by atoms with van der Waals surface area (Å²) in [6.45, 7) is 1.85. The second-order valence-corrected chi connectivity index (χ2v) is 7.08. The zero-order valence-electron chi connectivity index (χ0n) is 15.2. The number of carbonyl (C=O) groups is 1. The van der Waals surface area contributed by atoms with Crippen LogP contribution in [0.25, 0.3) is 0 Å². The van der Waals surface area contributed by atoms with Gasteiger partial charge in [0.15, 0.2) is 5.60 Å². The monoisotopic (exact) mass is 351 g/mol. The van der Waals surface area contributed by atoms with E-state index in [-0.39, 0.29) is 5.91 Å². The van der Waals surface area contributed by atoms with Crippen molar-refractivity contribution in [2.24, 2.45) is 0 Å². The molecule has 0 N–H and O–H groups in total. The lowest BCUT2D eigenvalue weighted by atomic mass is 9.83. The maximum Gasteiger partial charge on any atom is 0.259 e. The zero-order chi connectivity index (χ0) is 18.0. The molecular weight excluding hydrogens is 326 g/mol. The summed E-state index contributed by atoms with van der Waals surface area (Å²) in [4.78, 5) is 15.4. The fourth-order valence-corrected chi connectivity index (χ4v) is 4.26. The normalized spacial score (nSPS) is 21.9. The highest BCUT2D eigenvalue weighted by Gasteiger charge is 2.44. The summed E-state index contributed by atoms with van der Waals surface area (Å²) in [5, 5.41) is 0. The Balaban J connectivity index is 1.69. The Morgan fingerprint density at radius 3 is 2.50 bits per heavy atom. The van der Waals surface area contributed by atoms with Gasteiger partial charge in [-0.15, -0.1) is 0 Å². The molecule has 136 valence electrons. The second kappa shape index (κ2) is 7.22. The molecule has 0 radical (unpaired) electrons. The van der Waals surface area contributed by atoms with Crippen molar-refractivity contribution in [3.63, 3.8) is 0 Å². The van der Waals surface area contributed by atoms with E-state index < -0.39 is 5.60 Å². The molecule has 1 amide bonds. The van der Waals surface area contributed by atoms with Gasteiger partial charge in [-0.05, 0) is 23.6 Å². The topological polar surface area (TPSA) is 38.8 Å². The van der Waals surface area contributed by atoms with Crippen molar-refractivity contribution >= 4 is 11.6 Å². The van der Waals surface area contributed by atoms with Gasteiger partial charge in [0.2, 0.25) is 0 Å². The smallest absolute Gasteiger partial charge is 0.259 e. The number of rotatable bonds is 3. The fraction of sp³-hybridized carbons (Fsp3) is 0.409. The van der Waals surface area contributed by atoms with Crippen LogP contribution in [0, 0.1) is 0 Å². The van der Waals surface area contributed by atoms with Crippen LogP contribution < -0.4 is 4.90 Å². The van der Waals surface area contributed by atoms with Crippen LogP contribution in [-0.4, -0.2) is 38.4 Å². The predicted molar refractivity (Wildman–Crippen MR) is 101 cm³/mol. The first-order chi connectivity index (χ1) is 12.7. The Hall–Kier alpha value is -2.17. The molecule has 2 aromatic rings. The molecular formula is C22H25NO3. The van der Waals surface area contributed by atoms with Crippen molar-refractivity contribution in [1.82, 2.24) is 0 Å². The van der Waals surface area contributed by atoms with E-state index in [0.29, 0.717) is 38.5 Å². The van der Waals surface area contributed by atoms with Gasteiger partial charge in [0.25, 0.3) is 5.91 Å². The van der Waals surface area contributed by atoms with Gasteiger partial charge in [-0.25, -0.2) is 0 Å². The highest BCUT2D eigenvalue weighted by Crippen LogP contribution is 2.41. The van der Waals surface area contributed by atoms with Crippen molar-refractivity contribution in [2.75, 3.05) is 31.8 Å². The molecule has 2 heterocycles. The van der Waals surface area contributed by atoms with Crippen molar-refractivity contribution < 1.29 is 14.3 Å². The standard InChI is InChI=1S/C22H25NO3/c1-25-22(12-15-26-16-13-22)21(24)23-14-11-18(17-7-3-2-4-8-17)19-9-5-6-10-20(19)23/h2-10,18H,11-16H2,1H3. The Morgan fingerprint density at radius 1 is 1.08 bits per heavy atom. The molecule has 4 rings (SSSR count). The summed E-state index contributed by atoms with van der Waals surface area (Å²) < 4.78 is 11.2. The minimum absolute atomic E-state index is 0.0715. The van der Waals surface area contributed by atoms with Crippen LogP contribution in [0.4, 0.5) is 5.69 Å². The van der Waals surface area contributed by atoms with Crippen molar-refractivity contribution in [1.29, 1.82) is 0 Å². The van der Waals surface area contributed by atoms with Crippen LogP contribution in [0.2, 0.25) is 0 Å². The number of ether oxygens (including phenoxy) is 2. The zero-order valence-corrected chi connectivity index (χ0v) is 15.2. The molecule has 1 atom stereocenters. The third-order valence-electron chi connectivity index (χ3n) is 5.77. The average Bonchev–Trinajstić information content (AvgIpc) is 2.73. The van der Waals surface area contributed by atoms with Crippen LogP contribution in [0.1, 0.15) is 36.3 Å². The fourth-order valence-electron chi connectivity index (χ4n) is 4.26. The van der Waals surface area contributed by atoms with E-state index in [1.54, 1.807) is 7.11 Å². The van der Waals surface area contributed by atoms with Gasteiger partial charge in [0.1, 0.15) is 0 Å². The lowest BCUT2D eigenvalue weighted by Crippen LogP contribution is -2.54. The summed E-state index contributed by atoms with van der Waals surface area (Å²) in [7, 11) is 1.64. The summed E-state index contributed by atoms with van der Waals surface area (Å²) in [5.74, 6) is 0.395. The summed E-state index contributed by atoms with van der Waals surface area (Å²) in [6.07, 6.45) is 2.15. The molecule has 0 bridgehead atoms. The number of hydrogen-bond donors (Lipinski definition) is 0.